The highest BCUT2D eigenvalue weighted by molar-refractivity contribution is 5.78. The van der Waals surface area contributed by atoms with Gasteiger partial charge in [-0.25, -0.2) is 0 Å². The van der Waals surface area contributed by atoms with Crippen molar-refractivity contribution in [2.75, 3.05) is 6.54 Å². The first-order valence-corrected chi connectivity index (χ1v) is 8.29. The van der Waals surface area contributed by atoms with Crippen molar-refractivity contribution in [1.82, 2.24) is 10.3 Å². The van der Waals surface area contributed by atoms with E-state index in [2.05, 4.69) is 15.3 Å². The van der Waals surface area contributed by atoms with E-state index in [-0.39, 0.29) is 0 Å². The molecule has 2 fully saturated rings. The summed E-state index contributed by atoms with van der Waals surface area (Å²) in [5.41, 5.74) is 7.06. The van der Waals surface area contributed by atoms with Gasteiger partial charge in [0.1, 0.15) is 0 Å². The van der Waals surface area contributed by atoms with Crippen LogP contribution in [0.25, 0.3) is 0 Å². The molecule has 2 atom stereocenters. The molecule has 2 aliphatic rings. The third-order valence-electron chi connectivity index (χ3n) is 4.80. The van der Waals surface area contributed by atoms with Gasteiger partial charge in [0.05, 0.1) is 0 Å². The summed E-state index contributed by atoms with van der Waals surface area (Å²) in [6, 6.07) is 6.54. The average Bonchev–Trinajstić information content (AvgIpc) is 3.28. The number of hydrogen-bond donors (Lipinski definition) is 2. The van der Waals surface area contributed by atoms with Crippen molar-refractivity contribution in [3.05, 3.63) is 30.1 Å². The van der Waals surface area contributed by atoms with Gasteiger partial charge in [-0.15, -0.1) is 0 Å². The molecule has 114 valence electrons. The number of hydrogen-bond acceptors (Lipinski definition) is 2. The Labute approximate surface area is 127 Å². The lowest BCUT2D eigenvalue weighted by Crippen LogP contribution is -2.35. The molecule has 0 amide bonds. The normalized spacial score (nSPS) is 26.6. The Kier molecular flexibility index (Phi) is 4.73. The van der Waals surface area contributed by atoms with Crippen molar-refractivity contribution >= 4 is 5.96 Å². The van der Waals surface area contributed by atoms with Gasteiger partial charge in [0.25, 0.3) is 0 Å². The van der Waals surface area contributed by atoms with Gasteiger partial charge in [-0.3, -0.25) is 9.98 Å². The van der Waals surface area contributed by atoms with E-state index < -0.39 is 0 Å². The summed E-state index contributed by atoms with van der Waals surface area (Å²) in [7, 11) is 0. The molecule has 1 heterocycles. The molecule has 3 rings (SSSR count). The zero-order valence-electron chi connectivity index (χ0n) is 12.7. The Balaban J connectivity index is 1.38. The summed E-state index contributed by atoms with van der Waals surface area (Å²) in [4.78, 5) is 8.71. The van der Waals surface area contributed by atoms with E-state index in [4.69, 9.17) is 5.73 Å². The second-order valence-corrected chi connectivity index (χ2v) is 6.39. The largest absolute Gasteiger partial charge is 0.370 e. The summed E-state index contributed by atoms with van der Waals surface area (Å²) in [6.07, 6.45) is 11.0. The molecule has 0 saturated heterocycles. The molecule has 21 heavy (non-hydrogen) atoms. The van der Waals surface area contributed by atoms with Gasteiger partial charge in [-0.2, -0.15) is 0 Å². The zero-order valence-corrected chi connectivity index (χ0v) is 12.7. The number of nitrogens with one attached hydrogen (secondary N) is 1. The second-order valence-electron chi connectivity index (χ2n) is 6.39. The molecule has 0 radical (unpaired) electrons. The first-order valence-electron chi connectivity index (χ1n) is 8.29. The standard InChI is InChI=1S/C17H26N4/c18-17(20-11-9-14-8-4-5-10-19-14)21-16-12-15(16)13-6-2-1-3-7-13/h4-5,8,10,13,15-16H,1-3,6-7,9,11-12H2,(H3,18,20,21). The predicted octanol–water partition coefficient (Wildman–Crippen LogP) is 2.50. The minimum atomic E-state index is 0.576. The summed E-state index contributed by atoms with van der Waals surface area (Å²) < 4.78 is 0. The predicted molar refractivity (Wildman–Crippen MR) is 86.0 cm³/mol. The third-order valence-corrected chi connectivity index (χ3v) is 4.80. The zero-order chi connectivity index (χ0) is 14.5. The van der Waals surface area contributed by atoms with Crippen molar-refractivity contribution in [2.24, 2.45) is 22.6 Å². The van der Waals surface area contributed by atoms with E-state index in [1.165, 1.54) is 38.5 Å². The second kappa shape index (κ2) is 6.92. The molecule has 0 spiro atoms. The van der Waals surface area contributed by atoms with Crippen molar-refractivity contribution < 1.29 is 0 Å². The van der Waals surface area contributed by atoms with Crippen LogP contribution >= 0.6 is 0 Å². The number of guanidine groups is 1. The first kappa shape index (κ1) is 14.4. The van der Waals surface area contributed by atoms with Gasteiger partial charge in [-0.05, 0) is 30.4 Å². The minimum absolute atomic E-state index is 0.576. The maximum atomic E-state index is 5.99. The molecule has 1 aromatic heterocycles. The van der Waals surface area contributed by atoms with Crippen molar-refractivity contribution in [1.29, 1.82) is 0 Å². The number of aromatic nitrogens is 1. The van der Waals surface area contributed by atoms with Crippen molar-refractivity contribution in [3.63, 3.8) is 0 Å². The lowest BCUT2D eigenvalue weighted by molar-refractivity contribution is 0.316. The van der Waals surface area contributed by atoms with Crippen LogP contribution in [0.2, 0.25) is 0 Å². The number of pyridine rings is 1. The van der Waals surface area contributed by atoms with Crippen LogP contribution in [-0.4, -0.2) is 23.5 Å². The maximum absolute atomic E-state index is 5.99. The van der Waals surface area contributed by atoms with E-state index >= 15 is 0 Å². The first-order chi connectivity index (χ1) is 10.3. The van der Waals surface area contributed by atoms with Gasteiger partial charge in [0.15, 0.2) is 5.96 Å². The quantitative estimate of drug-likeness (QED) is 0.646. The van der Waals surface area contributed by atoms with Gasteiger partial charge in [0.2, 0.25) is 0 Å². The summed E-state index contributed by atoms with van der Waals surface area (Å²) in [5.74, 6) is 2.38. The summed E-state index contributed by atoms with van der Waals surface area (Å²) >= 11 is 0. The molecule has 0 aliphatic heterocycles. The van der Waals surface area contributed by atoms with Crippen molar-refractivity contribution in [3.8, 4) is 0 Å². The SMILES string of the molecule is NC(=NCCc1ccccn1)NC1CC1C1CCCCC1. The molecule has 0 bridgehead atoms. The van der Waals surface area contributed by atoms with Crippen LogP contribution in [0.3, 0.4) is 0 Å². The van der Waals surface area contributed by atoms with E-state index in [1.54, 1.807) is 0 Å². The van der Waals surface area contributed by atoms with Crippen LogP contribution in [0, 0.1) is 11.8 Å². The molecule has 1 aromatic rings. The minimum Gasteiger partial charge on any atom is -0.370 e. The van der Waals surface area contributed by atoms with Crippen LogP contribution in [0.5, 0.6) is 0 Å². The Morgan fingerprint density at radius 1 is 1.29 bits per heavy atom. The van der Waals surface area contributed by atoms with Crippen LogP contribution in [0.1, 0.15) is 44.2 Å². The topological polar surface area (TPSA) is 63.3 Å². The number of aliphatic imine (C=N–C) groups is 1. The van der Waals surface area contributed by atoms with Crippen LogP contribution in [0.15, 0.2) is 29.4 Å². The van der Waals surface area contributed by atoms with Gasteiger partial charge in [0, 0.05) is 30.9 Å². The van der Waals surface area contributed by atoms with Crippen LogP contribution in [-0.2, 0) is 6.42 Å². The Morgan fingerprint density at radius 3 is 2.90 bits per heavy atom. The molecule has 2 unspecified atom stereocenters. The maximum Gasteiger partial charge on any atom is 0.188 e. The molecular weight excluding hydrogens is 260 g/mol. The molecule has 4 heteroatoms. The molecule has 3 N–H and O–H groups in total. The van der Waals surface area contributed by atoms with Crippen LogP contribution in [0.4, 0.5) is 0 Å². The van der Waals surface area contributed by atoms with Crippen LogP contribution < -0.4 is 11.1 Å². The van der Waals surface area contributed by atoms with Crippen molar-refractivity contribution in [2.45, 2.75) is 51.0 Å². The highest BCUT2D eigenvalue weighted by Crippen LogP contribution is 2.44. The lowest BCUT2D eigenvalue weighted by atomic mass is 9.85. The van der Waals surface area contributed by atoms with E-state index in [0.29, 0.717) is 18.5 Å². The van der Waals surface area contributed by atoms with Gasteiger partial charge in [-0.1, -0.05) is 38.2 Å². The third kappa shape index (κ3) is 4.19. The van der Waals surface area contributed by atoms with E-state index in [1.807, 2.05) is 24.4 Å². The summed E-state index contributed by atoms with van der Waals surface area (Å²) in [6.45, 7) is 0.705. The van der Waals surface area contributed by atoms with E-state index in [9.17, 15) is 0 Å². The Hall–Kier alpha value is -1.58. The molecular formula is C17H26N4. The molecule has 4 nitrogen and oxygen atoms in total. The molecule has 0 aromatic carbocycles. The molecule has 2 aliphatic carbocycles. The van der Waals surface area contributed by atoms with Gasteiger partial charge < -0.3 is 11.1 Å². The summed E-state index contributed by atoms with van der Waals surface area (Å²) in [5, 5.41) is 3.39. The van der Waals surface area contributed by atoms with E-state index in [0.717, 1.165) is 24.0 Å². The number of nitrogens with zero attached hydrogens (tertiary/aromatic N) is 2. The lowest BCUT2D eigenvalue weighted by Gasteiger charge is -2.21. The Bertz CT molecular complexity index is 465. The fraction of sp³-hybridized carbons (Fsp3) is 0.647. The number of nitrogens with two attached hydrogens (primary N) is 1. The highest BCUT2D eigenvalue weighted by Gasteiger charge is 2.43. The highest BCUT2D eigenvalue weighted by atomic mass is 15.1. The van der Waals surface area contributed by atoms with Gasteiger partial charge >= 0.3 is 0 Å². The fourth-order valence-corrected chi connectivity index (χ4v) is 3.54. The molecule has 2 saturated carbocycles. The Morgan fingerprint density at radius 2 is 2.14 bits per heavy atom. The number of rotatable bonds is 5. The monoisotopic (exact) mass is 286 g/mol. The fourth-order valence-electron chi connectivity index (χ4n) is 3.54. The smallest absolute Gasteiger partial charge is 0.188 e. The average molecular weight is 286 g/mol.